The molecule has 0 heterocycles. The van der Waals surface area contributed by atoms with Gasteiger partial charge in [-0.2, -0.15) is 0 Å². The molecule has 4 nitrogen and oxygen atoms in total. The van der Waals surface area contributed by atoms with E-state index in [1.807, 2.05) is 18.2 Å². The summed E-state index contributed by atoms with van der Waals surface area (Å²) in [6.45, 7) is 3.16. The Morgan fingerprint density at radius 2 is 1.74 bits per heavy atom. The first kappa shape index (κ1) is 20.7. The largest absolute Gasteiger partial charge is 0.375 e. The van der Waals surface area contributed by atoms with Crippen LogP contribution in [0.3, 0.4) is 0 Å². The zero-order valence-corrected chi connectivity index (χ0v) is 16.5. The van der Waals surface area contributed by atoms with Crippen LogP contribution in [0, 0.1) is 0 Å². The fourth-order valence-corrected chi connectivity index (χ4v) is 2.77. The van der Waals surface area contributed by atoms with Gasteiger partial charge in [-0.3, -0.25) is 9.59 Å². The minimum Gasteiger partial charge on any atom is -0.375 e. The molecule has 1 N–H and O–H groups in total. The van der Waals surface area contributed by atoms with E-state index in [1.165, 1.54) is 0 Å². The van der Waals surface area contributed by atoms with E-state index in [4.69, 9.17) is 11.6 Å². The van der Waals surface area contributed by atoms with E-state index in [9.17, 15) is 9.59 Å². The Bertz CT molecular complexity index is 783. The van der Waals surface area contributed by atoms with Crippen LogP contribution in [-0.2, 0) is 4.79 Å². The quantitative estimate of drug-likeness (QED) is 0.376. The Balaban J connectivity index is 1.96. The first-order valence-electron chi connectivity index (χ1n) is 9.03. The molecule has 2 rings (SSSR count). The van der Waals surface area contributed by atoms with Gasteiger partial charge in [0.05, 0.1) is 0 Å². The van der Waals surface area contributed by atoms with Crippen molar-refractivity contribution < 1.29 is 9.59 Å². The number of alkyl halides is 1. The second-order valence-corrected chi connectivity index (χ2v) is 6.65. The van der Waals surface area contributed by atoms with Crippen LogP contribution in [0.25, 0.3) is 6.08 Å². The molecule has 2 aromatic rings. The van der Waals surface area contributed by atoms with E-state index in [0.717, 1.165) is 24.2 Å². The van der Waals surface area contributed by atoms with Crippen LogP contribution < -0.4 is 10.2 Å². The molecule has 142 valence electrons. The Labute approximate surface area is 165 Å². The highest BCUT2D eigenvalue weighted by Crippen LogP contribution is 2.16. The van der Waals surface area contributed by atoms with Crippen molar-refractivity contribution in [2.45, 2.75) is 19.8 Å². The SMILES string of the molecule is CCCN(C)c1ccc(/C=C/C(=O)c2ccc(NC(=O)CCCl)cc2)cc1. The van der Waals surface area contributed by atoms with Crippen molar-refractivity contribution in [3.8, 4) is 0 Å². The lowest BCUT2D eigenvalue weighted by molar-refractivity contribution is -0.115. The molecule has 0 spiro atoms. The Morgan fingerprint density at radius 1 is 1.07 bits per heavy atom. The number of hydrogen-bond acceptors (Lipinski definition) is 3. The minimum atomic E-state index is -0.142. The lowest BCUT2D eigenvalue weighted by Gasteiger charge is -2.18. The number of carbonyl (C=O) groups is 2. The zero-order valence-electron chi connectivity index (χ0n) is 15.7. The summed E-state index contributed by atoms with van der Waals surface area (Å²) in [5.41, 5.74) is 3.35. The molecule has 0 aromatic heterocycles. The van der Waals surface area contributed by atoms with Gasteiger partial charge in [0.15, 0.2) is 5.78 Å². The molecule has 0 radical (unpaired) electrons. The third-order valence-electron chi connectivity index (χ3n) is 4.09. The molecule has 1 amide bonds. The average Bonchev–Trinajstić information content (AvgIpc) is 2.67. The molecule has 0 saturated heterocycles. The zero-order chi connectivity index (χ0) is 19.6. The van der Waals surface area contributed by atoms with Crippen LogP contribution in [0.5, 0.6) is 0 Å². The van der Waals surface area contributed by atoms with Gasteiger partial charge in [0.25, 0.3) is 0 Å². The van der Waals surface area contributed by atoms with Crippen molar-refractivity contribution in [3.05, 3.63) is 65.7 Å². The van der Waals surface area contributed by atoms with Gasteiger partial charge in [-0.25, -0.2) is 0 Å². The molecular weight excluding hydrogens is 360 g/mol. The van der Waals surface area contributed by atoms with Gasteiger partial charge >= 0.3 is 0 Å². The van der Waals surface area contributed by atoms with Crippen molar-refractivity contribution >= 4 is 40.7 Å². The Kier molecular flexibility index (Phi) is 8.08. The Hall–Kier alpha value is -2.59. The second kappa shape index (κ2) is 10.5. The number of nitrogens with zero attached hydrogens (tertiary/aromatic N) is 1. The molecule has 0 fully saturated rings. The van der Waals surface area contributed by atoms with Crippen molar-refractivity contribution in [1.29, 1.82) is 0 Å². The predicted molar refractivity (Wildman–Crippen MR) is 114 cm³/mol. The monoisotopic (exact) mass is 384 g/mol. The number of rotatable bonds is 9. The van der Waals surface area contributed by atoms with E-state index in [2.05, 4.69) is 36.3 Å². The molecule has 0 atom stereocenters. The maximum Gasteiger partial charge on any atom is 0.225 e. The molecule has 5 heteroatoms. The summed E-state index contributed by atoms with van der Waals surface area (Å²) in [5.74, 6) is 0.0566. The highest BCUT2D eigenvalue weighted by atomic mass is 35.5. The summed E-state index contributed by atoms with van der Waals surface area (Å²) in [5, 5.41) is 2.73. The van der Waals surface area contributed by atoms with Crippen molar-refractivity contribution in [2.75, 3.05) is 29.7 Å². The number of ketones is 1. The molecule has 0 aliphatic carbocycles. The number of nitrogens with one attached hydrogen (secondary N) is 1. The maximum absolute atomic E-state index is 12.3. The van der Waals surface area contributed by atoms with E-state index in [0.29, 0.717) is 11.3 Å². The van der Waals surface area contributed by atoms with Gasteiger partial charge in [-0.15, -0.1) is 11.6 Å². The first-order valence-corrected chi connectivity index (χ1v) is 9.56. The van der Waals surface area contributed by atoms with Crippen LogP contribution in [0.1, 0.15) is 35.7 Å². The lowest BCUT2D eigenvalue weighted by Crippen LogP contribution is -2.17. The molecule has 0 saturated carbocycles. The third-order valence-corrected chi connectivity index (χ3v) is 4.28. The molecule has 0 aliphatic rings. The van der Waals surface area contributed by atoms with Crippen molar-refractivity contribution in [1.82, 2.24) is 0 Å². The van der Waals surface area contributed by atoms with Gasteiger partial charge in [0.1, 0.15) is 0 Å². The van der Waals surface area contributed by atoms with E-state index >= 15 is 0 Å². The Morgan fingerprint density at radius 3 is 2.33 bits per heavy atom. The average molecular weight is 385 g/mol. The van der Waals surface area contributed by atoms with E-state index in [1.54, 1.807) is 30.3 Å². The smallest absolute Gasteiger partial charge is 0.225 e. The predicted octanol–water partition coefficient (Wildman–Crippen LogP) is 5.00. The highest BCUT2D eigenvalue weighted by molar-refractivity contribution is 6.19. The molecule has 0 unspecified atom stereocenters. The van der Waals surface area contributed by atoms with E-state index < -0.39 is 0 Å². The van der Waals surface area contributed by atoms with Gasteiger partial charge in [-0.05, 0) is 54.5 Å². The lowest BCUT2D eigenvalue weighted by atomic mass is 10.1. The van der Waals surface area contributed by atoms with E-state index in [-0.39, 0.29) is 24.0 Å². The maximum atomic E-state index is 12.3. The number of hydrogen-bond donors (Lipinski definition) is 1. The summed E-state index contributed by atoms with van der Waals surface area (Å²) >= 11 is 5.54. The normalized spacial score (nSPS) is 10.8. The number of halogens is 1. The second-order valence-electron chi connectivity index (χ2n) is 6.28. The van der Waals surface area contributed by atoms with Gasteiger partial charge in [0.2, 0.25) is 5.91 Å². The number of anilines is 2. The first-order chi connectivity index (χ1) is 13.0. The number of benzene rings is 2. The number of carbonyl (C=O) groups excluding carboxylic acids is 2. The van der Waals surface area contributed by atoms with Crippen LogP contribution >= 0.6 is 11.6 Å². The standard InChI is InChI=1S/C22H25ClN2O2/c1-3-16-25(2)20-11-4-17(5-12-20)6-13-21(26)18-7-9-19(10-8-18)24-22(27)14-15-23/h4-13H,3,14-16H2,1-2H3,(H,24,27)/b13-6+. The molecular formula is C22H25ClN2O2. The number of amides is 1. The summed E-state index contributed by atoms with van der Waals surface area (Å²) in [4.78, 5) is 26.0. The van der Waals surface area contributed by atoms with Crippen LogP contribution in [0.15, 0.2) is 54.6 Å². The molecule has 0 bridgehead atoms. The summed E-state index contributed by atoms with van der Waals surface area (Å²) in [6.07, 6.45) is 4.73. The van der Waals surface area contributed by atoms with Crippen LogP contribution in [0.2, 0.25) is 0 Å². The number of allylic oxidation sites excluding steroid dienone is 1. The van der Waals surface area contributed by atoms with Crippen molar-refractivity contribution in [2.24, 2.45) is 0 Å². The molecule has 27 heavy (non-hydrogen) atoms. The van der Waals surface area contributed by atoms with Gasteiger partial charge < -0.3 is 10.2 Å². The molecule has 0 aliphatic heterocycles. The van der Waals surface area contributed by atoms with Gasteiger partial charge in [0, 0.05) is 42.8 Å². The fraction of sp³-hybridized carbons (Fsp3) is 0.273. The minimum absolute atomic E-state index is 0.0826. The molecule has 2 aromatic carbocycles. The topological polar surface area (TPSA) is 49.4 Å². The fourth-order valence-electron chi connectivity index (χ4n) is 2.60. The van der Waals surface area contributed by atoms with Gasteiger partial charge in [-0.1, -0.05) is 25.1 Å². The summed E-state index contributed by atoms with van der Waals surface area (Å²) in [6, 6.07) is 14.9. The third kappa shape index (κ3) is 6.57. The summed E-state index contributed by atoms with van der Waals surface area (Å²) < 4.78 is 0. The van der Waals surface area contributed by atoms with Crippen molar-refractivity contribution in [3.63, 3.8) is 0 Å². The summed E-state index contributed by atoms with van der Waals surface area (Å²) in [7, 11) is 2.07. The van der Waals surface area contributed by atoms with Crippen LogP contribution in [-0.4, -0.2) is 31.2 Å². The van der Waals surface area contributed by atoms with Crippen LogP contribution in [0.4, 0.5) is 11.4 Å². The highest BCUT2D eigenvalue weighted by Gasteiger charge is 2.05.